The van der Waals surface area contributed by atoms with Crippen LogP contribution in [0.3, 0.4) is 0 Å². The first-order chi connectivity index (χ1) is 11.4. The molecule has 0 bridgehead atoms. The molecule has 124 valence electrons. The Labute approximate surface area is 145 Å². The number of hydrogen-bond acceptors (Lipinski definition) is 5. The Morgan fingerprint density at radius 2 is 2.12 bits per heavy atom. The lowest BCUT2D eigenvalue weighted by molar-refractivity contribution is -0.384. The number of aromatic nitrogens is 1. The Kier molecular flexibility index (Phi) is 5.37. The van der Waals surface area contributed by atoms with Crippen LogP contribution in [0.5, 0.6) is 0 Å². The van der Waals surface area contributed by atoms with Crippen LogP contribution in [0.15, 0.2) is 18.2 Å². The predicted octanol–water partition coefficient (Wildman–Crippen LogP) is 4.28. The fraction of sp³-hybridized carbons (Fsp3) is 0.294. The molecule has 0 radical (unpaired) electrons. The summed E-state index contributed by atoms with van der Waals surface area (Å²) in [5.41, 5.74) is 8.86. The first kappa shape index (κ1) is 17.7. The van der Waals surface area contributed by atoms with Crippen molar-refractivity contribution in [3.05, 3.63) is 50.2 Å². The third kappa shape index (κ3) is 3.17. The maximum atomic E-state index is 11.2. The number of benzene rings is 1. The quantitative estimate of drug-likeness (QED) is 0.643. The van der Waals surface area contributed by atoms with Gasteiger partial charge in [0.1, 0.15) is 22.5 Å². The fourth-order valence-corrected chi connectivity index (χ4v) is 2.94. The first-order valence-electron chi connectivity index (χ1n) is 7.60. The summed E-state index contributed by atoms with van der Waals surface area (Å²) in [5.74, 6) is 0.144. The van der Waals surface area contributed by atoms with E-state index in [1.165, 1.54) is 12.1 Å². The van der Waals surface area contributed by atoms with Crippen LogP contribution >= 0.6 is 11.6 Å². The molecule has 0 atom stereocenters. The van der Waals surface area contributed by atoms with Gasteiger partial charge in [0, 0.05) is 17.3 Å². The molecule has 1 aromatic carbocycles. The molecule has 0 fully saturated rings. The average molecular weight is 345 g/mol. The number of halogens is 1. The van der Waals surface area contributed by atoms with E-state index in [2.05, 4.69) is 11.1 Å². The highest BCUT2D eigenvalue weighted by Gasteiger charge is 2.21. The van der Waals surface area contributed by atoms with Gasteiger partial charge in [-0.25, -0.2) is 4.98 Å². The van der Waals surface area contributed by atoms with E-state index in [1.54, 1.807) is 6.07 Å². The zero-order chi connectivity index (χ0) is 17.9. The molecular formula is C17H17ClN4O2. The van der Waals surface area contributed by atoms with Crippen LogP contribution in [0.1, 0.15) is 37.1 Å². The number of anilines is 1. The van der Waals surface area contributed by atoms with Crippen molar-refractivity contribution in [2.75, 3.05) is 5.73 Å². The fourth-order valence-electron chi connectivity index (χ4n) is 2.76. The number of hydrogen-bond donors (Lipinski definition) is 1. The summed E-state index contributed by atoms with van der Waals surface area (Å²) in [5, 5.41) is 20.7. The third-order valence-corrected chi connectivity index (χ3v) is 4.11. The molecule has 0 aliphatic heterocycles. The summed E-state index contributed by atoms with van der Waals surface area (Å²) in [6.07, 6.45) is 2.25. The van der Waals surface area contributed by atoms with E-state index in [0.717, 1.165) is 24.1 Å². The van der Waals surface area contributed by atoms with E-state index in [0.29, 0.717) is 17.5 Å². The molecule has 0 unspecified atom stereocenters. The van der Waals surface area contributed by atoms with Crippen molar-refractivity contribution in [1.82, 2.24) is 4.98 Å². The smallest absolute Gasteiger partial charge is 0.288 e. The molecule has 1 aromatic heterocycles. The lowest BCUT2D eigenvalue weighted by Gasteiger charge is -2.16. The maximum Gasteiger partial charge on any atom is 0.288 e. The molecule has 0 aliphatic carbocycles. The Morgan fingerprint density at radius 1 is 1.42 bits per heavy atom. The second-order valence-corrected chi connectivity index (χ2v) is 5.72. The number of aryl methyl sites for hydroxylation is 1. The average Bonchev–Trinajstić information content (AvgIpc) is 2.55. The van der Waals surface area contributed by atoms with Crippen molar-refractivity contribution in [2.45, 2.75) is 33.1 Å². The van der Waals surface area contributed by atoms with Gasteiger partial charge < -0.3 is 5.73 Å². The topological polar surface area (TPSA) is 106 Å². The van der Waals surface area contributed by atoms with Gasteiger partial charge in [0.15, 0.2) is 0 Å². The van der Waals surface area contributed by atoms with Crippen LogP contribution in [0.2, 0.25) is 5.02 Å². The minimum atomic E-state index is -0.541. The van der Waals surface area contributed by atoms with Gasteiger partial charge in [-0.05, 0) is 30.0 Å². The van der Waals surface area contributed by atoms with E-state index >= 15 is 0 Å². The first-order valence-corrected chi connectivity index (χ1v) is 7.97. The van der Waals surface area contributed by atoms with Crippen molar-refractivity contribution >= 4 is 23.1 Å². The number of rotatable bonds is 5. The van der Waals surface area contributed by atoms with Crippen LogP contribution in [-0.2, 0) is 12.8 Å². The Hall–Kier alpha value is -2.65. The Balaban J connectivity index is 2.84. The molecule has 0 saturated carbocycles. The number of nitrogen functional groups attached to an aromatic ring is 1. The van der Waals surface area contributed by atoms with Crippen LogP contribution in [0.4, 0.5) is 11.5 Å². The number of nitro groups is 1. The van der Waals surface area contributed by atoms with Crippen LogP contribution in [0, 0.1) is 21.4 Å². The number of nitrogens with zero attached hydrogens (tertiary/aromatic N) is 3. The van der Waals surface area contributed by atoms with Gasteiger partial charge in [0.05, 0.1) is 4.92 Å². The highest BCUT2D eigenvalue weighted by atomic mass is 35.5. The minimum Gasteiger partial charge on any atom is -0.383 e. The van der Waals surface area contributed by atoms with E-state index in [-0.39, 0.29) is 22.1 Å². The van der Waals surface area contributed by atoms with E-state index in [9.17, 15) is 15.4 Å². The summed E-state index contributed by atoms with van der Waals surface area (Å²) >= 11 is 5.89. The molecule has 2 aromatic rings. The lowest BCUT2D eigenvalue weighted by Crippen LogP contribution is -2.07. The summed E-state index contributed by atoms with van der Waals surface area (Å²) in [7, 11) is 0. The largest absolute Gasteiger partial charge is 0.383 e. The molecule has 0 spiro atoms. The van der Waals surface area contributed by atoms with Gasteiger partial charge >= 0.3 is 0 Å². The summed E-state index contributed by atoms with van der Waals surface area (Å²) < 4.78 is 0. The minimum absolute atomic E-state index is 0.0520. The van der Waals surface area contributed by atoms with Gasteiger partial charge in [0.25, 0.3) is 5.69 Å². The molecule has 7 heteroatoms. The van der Waals surface area contributed by atoms with E-state index < -0.39 is 4.92 Å². The second kappa shape index (κ2) is 7.28. The summed E-state index contributed by atoms with van der Waals surface area (Å²) in [6, 6.07) is 6.59. The number of nitriles is 1. The van der Waals surface area contributed by atoms with Crippen LogP contribution in [0.25, 0.3) is 11.1 Å². The van der Waals surface area contributed by atoms with Crippen molar-refractivity contribution in [3.8, 4) is 17.2 Å². The summed E-state index contributed by atoms with van der Waals surface area (Å²) in [4.78, 5) is 15.0. The monoisotopic (exact) mass is 344 g/mol. The molecule has 1 heterocycles. The standard InChI is InChI=1S/C17H17ClN4O2/c1-3-5-14-11(4-2)16(12(9-19)17(20)21-14)10-6-7-13(18)15(8-10)22(23)24/h6-8H,3-5H2,1-2H3,(H2,20,21). The van der Waals surface area contributed by atoms with Gasteiger partial charge in [-0.2, -0.15) is 5.26 Å². The Bertz CT molecular complexity index is 843. The number of nitrogens with two attached hydrogens (primary N) is 1. The van der Waals surface area contributed by atoms with Crippen molar-refractivity contribution < 1.29 is 4.92 Å². The van der Waals surface area contributed by atoms with Gasteiger partial charge in [-0.15, -0.1) is 0 Å². The van der Waals surface area contributed by atoms with Crippen molar-refractivity contribution in [1.29, 1.82) is 5.26 Å². The van der Waals surface area contributed by atoms with Gasteiger partial charge in [0.2, 0.25) is 0 Å². The zero-order valence-electron chi connectivity index (χ0n) is 13.5. The number of pyridine rings is 1. The van der Waals surface area contributed by atoms with Crippen molar-refractivity contribution in [3.63, 3.8) is 0 Å². The van der Waals surface area contributed by atoms with Gasteiger partial charge in [-0.1, -0.05) is 37.9 Å². The SMILES string of the molecule is CCCc1nc(N)c(C#N)c(-c2ccc(Cl)c([N+](=O)[O-])c2)c1CC. The second-order valence-electron chi connectivity index (χ2n) is 5.31. The molecule has 0 aliphatic rings. The molecular weight excluding hydrogens is 328 g/mol. The summed E-state index contributed by atoms with van der Waals surface area (Å²) in [6.45, 7) is 3.99. The maximum absolute atomic E-state index is 11.2. The molecule has 6 nitrogen and oxygen atoms in total. The molecule has 2 rings (SSSR count). The van der Waals surface area contributed by atoms with Crippen LogP contribution in [-0.4, -0.2) is 9.91 Å². The van der Waals surface area contributed by atoms with Gasteiger partial charge in [-0.3, -0.25) is 10.1 Å². The molecule has 0 amide bonds. The van der Waals surface area contributed by atoms with E-state index in [1.807, 2.05) is 13.8 Å². The molecule has 24 heavy (non-hydrogen) atoms. The normalized spacial score (nSPS) is 10.4. The third-order valence-electron chi connectivity index (χ3n) is 3.80. The zero-order valence-corrected chi connectivity index (χ0v) is 14.2. The van der Waals surface area contributed by atoms with Crippen LogP contribution < -0.4 is 5.73 Å². The Morgan fingerprint density at radius 3 is 2.67 bits per heavy atom. The molecule has 2 N–H and O–H groups in total. The van der Waals surface area contributed by atoms with Crippen molar-refractivity contribution in [2.24, 2.45) is 0 Å². The molecule has 0 saturated heterocycles. The predicted molar refractivity (Wildman–Crippen MR) is 93.8 cm³/mol. The van der Waals surface area contributed by atoms with E-state index in [4.69, 9.17) is 17.3 Å². The number of nitro benzene ring substituents is 1. The highest BCUT2D eigenvalue weighted by molar-refractivity contribution is 6.32. The lowest BCUT2D eigenvalue weighted by atomic mass is 9.91. The highest BCUT2D eigenvalue weighted by Crippen LogP contribution is 2.36.